The molecular weight excluding hydrogens is 396 g/mol. The summed E-state index contributed by atoms with van der Waals surface area (Å²) in [4.78, 5) is 6.94. The van der Waals surface area contributed by atoms with Gasteiger partial charge in [0.2, 0.25) is 5.88 Å². The molecule has 0 aliphatic carbocycles. The lowest BCUT2D eigenvalue weighted by Crippen LogP contribution is -2.38. The van der Waals surface area contributed by atoms with Crippen LogP contribution in [-0.4, -0.2) is 49.3 Å². The highest BCUT2D eigenvalue weighted by molar-refractivity contribution is 9.10. The molecular formula is C17H18BrClN2O3. The monoisotopic (exact) mass is 412 g/mol. The Balaban J connectivity index is 1.53. The number of hydrogen-bond acceptors (Lipinski definition) is 5. The first-order valence-electron chi connectivity index (χ1n) is 8.04. The minimum Gasteiger partial charge on any atom is -0.476 e. The number of rotatable bonds is 4. The van der Waals surface area contributed by atoms with Crippen molar-refractivity contribution in [2.45, 2.75) is 13.2 Å². The number of aromatic nitrogens is 1. The van der Waals surface area contributed by atoms with Crippen molar-refractivity contribution in [3.05, 3.63) is 32.8 Å². The minimum absolute atomic E-state index is 0.587. The van der Waals surface area contributed by atoms with Gasteiger partial charge < -0.3 is 14.2 Å². The van der Waals surface area contributed by atoms with Crippen LogP contribution in [0.2, 0.25) is 5.02 Å². The van der Waals surface area contributed by atoms with Crippen LogP contribution in [0.1, 0.15) is 11.1 Å². The topological polar surface area (TPSA) is 43.8 Å². The maximum Gasteiger partial charge on any atom is 0.213 e. The molecule has 0 radical (unpaired) electrons. The molecule has 2 aromatic rings. The third kappa shape index (κ3) is 3.13. The van der Waals surface area contributed by atoms with Gasteiger partial charge in [-0.3, -0.25) is 4.90 Å². The number of benzene rings is 1. The van der Waals surface area contributed by atoms with Gasteiger partial charge in [0, 0.05) is 35.6 Å². The molecule has 2 aliphatic rings. The molecule has 3 heterocycles. The van der Waals surface area contributed by atoms with Crippen molar-refractivity contribution in [3.63, 3.8) is 0 Å². The van der Waals surface area contributed by atoms with Gasteiger partial charge in [0.15, 0.2) is 0 Å². The second-order valence-electron chi connectivity index (χ2n) is 5.93. The van der Waals surface area contributed by atoms with Gasteiger partial charge >= 0.3 is 0 Å². The second-order valence-corrected chi connectivity index (χ2v) is 7.10. The van der Waals surface area contributed by atoms with E-state index in [4.69, 9.17) is 25.8 Å². The highest BCUT2D eigenvalue weighted by atomic mass is 79.9. The van der Waals surface area contributed by atoms with Crippen molar-refractivity contribution >= 4 is 38.4 Å². The van der Waals surface area contributed by atoms with Crippen LogP contribution in [0, 0.1) is 0 Å². The van der Waals surface area contributed by atoms with E-state index in [1.807, 2.05) is 12.1 Å². The highest BCUT2D eigenvalue weighted by Gasteiger charge is 2.22. The molecule has 0 N–H and O–H groups in total. The molecule has 0 unspecified atom stereocenters. The molecule has 1 aromatic heterocycles. The van der Waals surface area contributed by atoms with Crippen LogP contribution in [0.5, 0.6) is 5.88 Å². The number of pyridine rings is 1. The highest BCUT2D eigenvalue weighted by Crippen LogP contribution is 2.40. The predicted octanol–water partition coefficient (Wildman–Crippen LogP) is 3.39. The molecule has 0 amide bonds. The van der Waals surface area contributed by atoms with Crippen molar-refractivity contribution in [1.29, 1.82) is 0 Å². The van der Waals surface area contributed by atoms with E-state index in [2.05, 4.69) is 25.8 Å². The summed E-state index contributed by atoms with van der Waals surface area (Å²) < 4.78 is 17.6. The van der Waals surface area contributed by atoms with Crippen LogP contribution in [0.25, 0.3) is 10.9 Å². The summed E-state index contributed by atoms with van der Waals surface area (Å²) in [6.45, 7) is 6.17. The summed E-state index contributed by atoms with van der Waals surface area (Å²) in [6, 6.07) is 3.93. The molecule has 1 saturated heterocycles. The van der Waals surface area contributed by atoms with Crippen LogP contribution >= 0.6 is 27.5 Å². The van der Waals surface area contributed by atoms with Crippen LogP contribution in [0.3, 0.4) is 0 Å². The van der Waals surface area contributed by atoms with Crippen LogP contribution in [0.15, 0.2) is 16.6 Å². The lowest BCUT2D eigenvalue weighted by Gasteiger charge is -2.26. The average Bonchev–Trinajstić information content (AvgIpc) is 3.10. The van der Waals surface area contributed by atoms with Gasteiger partial charge in [0.25, 0.3) is 0 Å². The first-order chi connectivity index (χ1) is 11.7. The van der Waals surface area contributed by atoms with E-state index in [0.29, 0.717) is 30.7 Å². The summed E-state index contributed by atoms with van der Waals surface area (Å²) in [6.07, 6.45) is 0. The Morgan fingerprint density at radius 2 is 1.96 bits per heavy atom. The van der Waals surface area contributed by atoms with Gasteiger partial charge in [0.05, 0.1) is 37.0 Å². The fourth-order valence-corrected chi connectivity index (χ4v) is 3.94. The zero-order valence-electron chi connectivity index (χ0n) is 13.2. The lowest BCUT2D eigenvalue weighted by atomic mass is 10.0. The van der Waals surface area contributed by atoms with Crippen molar-refractivity contribution in [2.75, 3.05) is 39.5 Å². The van der Waals surface area contributed by atoms with E-state index >= 15 is 0 Å². The maximum atomic E-state index is 6.49. The molecule has 5 nitrogen and oxygen atoms in total. The third-order valence-corrected chi connectivity index (χ3v) is 5.95. The first kappa shape index (κ1) is 16.5. The van der Waals surface area contributed by atoms with Gasteiger partial charge in [-0.25, -0.2) is 4.98 Å². The van der Waals surface area contributed by atoms with E-state index in [9.17, 15) is 0 Å². The molecule has 2 aliphatic heterocycles. The van der Waals surface area contributed by atoms with Crippen LogP contribution < -0.4 is 4.74 Å². The fraction of sp³-hybridized carbons (Fsp3) is 0.471. The smallest absolute Gasteiger partial charge is 0.213 e. The van der Waals surface area contributed by atoms with Crippen LogP contribution in [0.4, 0.5) is 0 Å². The lowest BCUT2D eigenvalue weighted by molar-refractivity contribution is 0.0320. The average molecular weight is 414 g/mol. The molecule has 0 spiro atoms. The zero-order chi connectivity index (χ0) is 16.5. The Morgan fingerprint density at radius 1 is 1.17 bits per heavy atom. The molecule has 0 bridgehead atoms. The third-order valence-electron chi connectivity index (χ3n) is 4.48. The number of ether oxygens (including phenoxy) is 3. The molecule has 0 saturated carbocycles. The Bertz CT molecular complexity index is 765. The Kier molecular flexibility index (Phi) is 4.92. The zero-order valence-corrected chi connectivity index (χ0v) is 15.5. The normalized spacial score (nSPS) is 18.1. The Morgan fingerprint density at radius 3 is 2.79 bits per heavy atom. The largest absolute Gasteiger partial charge is 0.476 e. The van der Waals surface area contributed by atoms with E-state index in [1.54, 1.807) is 0 Å². The van der Waals surface area contributed by atoms with Gasteiger partial charge in [-0.15, -0.1) is 0 Å². The number of hydrogen-bond donors (Lipinski definition) is 0. The van der Waals surface area contributed by atoms with Crippen molar-refractivity contribution in [1.82, 2.24) is 9.88 Å². The van der Waals surface area contributed by atoms with Gasteiger partial charge in [-0.2, -0.15) is 0 Å². The van der Waals surface area contributed by atoms with E-state index in [-0.39, 0.29) is 0 Å². The SMILES string of the molecule is Clc1c(Br)c2c(c3ccc(OCCN4CCOCC4)nc13)COC2. The maximum absolute atomic E-state index is 6.49. The standard InChI is InChI=1S/C17H18BrClN2O3/c18-15-13-10-23-9-12(13)11-1-2-14(20-17(11)16(15)19)24-8-5-21-3-6-22-7-4-21/h1-2H,3-10H2. The van der Waals surface area contributed by atoms with Gasteiger partial charge in [0.1, 0.15) is 6.61 Å². The molecule has 24 heavy (non-hydrogen) atoms. The Hall–Kier alpha value is -0.920. The summed E-state index contributed by atoms with van der Waals surface area (Å²) in [7, 11) is 0. The summed E-state index contributed by atoms with van der Waals surface area (Å²) >= 11 is 10.1. The summed E-state index contributed by atoms with van der Waals surface area (Å²) in [5, 5.41) is 1.66. The summed E-state index contributed by atoms with van der Waals surface area (Å²) in [5.74, 6) is 0.600. The molecule has 1 aromatic carbocycles. The molecule has 0 atom stereocenters. The quantitative estimate of drug-likeness (QED) is 0.769. The molecule has 1 fully saturated rings. The number of morpholine rings is 1. The van der Waals surface area contributed by atoms with Crippen molar-refractivity contribution < 1.29 is 14.2 Å². The Labute approximate surface area is 154 Å². The molecule has 128 valence electrons. The predicted molar refractivity (Wildman–Crippen MR) is 95.7 cm³/mol. The first-order valence-corrected chi connectivity index (χ1v) is 9.21. The van der Waals surface area contributed by atoms with Crippen LogP contribution in [-0.2, 0) is 22.7 Å². The molecule has 7 heteroatoms. The summed E-state index contributed by atoms with van der Waals surface area (Å²) in [5.41, 5.74) is 3.04. The number of fused-ring (bicyclic) bond motifs is 3. The number of halogens is 2. The van der Waals surface area contributed by atoms with E-state index in [1.165, 1.54) is 0 Å². The second kappa shape index (κ2) is 7.14. The minimum atomic E-state index is 0.587. The van der Waals surface area contributed by atoms with Gasteiger partial charge in [-0.1, -0.05) is 11.6 Å². The number of nitrogens with zero attached hydrogens (tertiary/aromatic N) is 2. The fourth-order valence-electron chi connectivity index (χ4n) is 3.14. The van der Waals surface area contributed by atoms with E-state index < -0.39 is 0 Å². The van der Waals surface area contributed by atoms with Crippen molar-refractivity contribution in [2.24, 2.45) is 0 Å². The van der Waals surface area contributed by atoms with Crippen molar-refractivity contribution in [3.8, 4) is 5.88 Å². The van der Waals surface area contributed by atoms with Gasteiger partial charge in [-0.05, 0) is 33.1 Å². The van der Waals surface area contributed by atoms with E-state index in [0.717, 1.165) is 59.4 Å². The molecule has 4 rings (SSSR count).